The first-order valence-electron chi connectivity index (χ1n) is 6.08. The van der Waals surface area contributed by atoms with Gasteiger partial charge in [-0.25, -0.2) is 4.98 Å². The first kappa shape index (κ1) is 13.1. The molecule has 0 bridgehead atoms. The molecule has 1 N–H and O–H groups in total. The van der Waals surface area contributed by atoms with Crippen LogP contribution >= 0.6 is 0 Å². The van der Waals surface area contributed by atoms with Crippen LogP contribution in [-0.2, 0) is 13.5 Å². The fourth-order valence-electron chi connectivity index (χ4n) is 1.74. The van der Waals surface area contributed by atoms with Crippen molar-refractivity contribution >= 4 is 5.91 Å². The van der Waals surface area contributed by atoms with E-state index in [0.29, 0.717) is 12.1 Å². The number of carbonyl (C=O) groups excluding carboxylic acids is 1. The van der Waals surface area contributed by atoms with E-state index in [0.717, 1.165) is 17.9 Å². The van der Waals surface area contributed by atoms with Crippen molar-refractivity contribution < 1.29 is 9.53 Å². The molecule has 1 amide bonds. The van der Waals surface area contributed by atoms with Crippen LogP contribution in [0.25, 0.3) is 0 Å². The SMILES string of the molecule is COc1ccc(C(=O)NCCc2cn(C)cn2)cc1. The lowest BCUT2D eigenvalue weighted by Gasteiger charge is -2.05. The van der Waals surface area contributed by atoms with E-state index in [4.69, 9.17) is 4.74 Å². The maximum atomic E-state index is 11.9. The Morgan fingerprint density at radius 1 is 1.37 bits per heavy atom. The molecule has 0 spiro atoms. The summed E-state index contributed by atoms with van der Waals surface area (Å²) in [5.41, 5.74) is 1.60. The Morgan fingerprint density at radius 3 is 2.68 bits per heavy atom. The van der Waals surface area contributed by atoms with E-state index in [1.54, 1.807) is 37.7 Å². The van der Waals surface area contributed by atoms with Gasteiger partial charge in [0.25, 0.3) is 5.91 Å². The number of amides is 1. The molecule has 0 fully saturated rings. The molecule has 0 atom stereocenters. The van der Waals surface area contributed by atoms with Gasteiger partial charge in [0.2, 0.25) is 0 Å². The molecule has 2 rings (SSSR count). The van der Waals surface area contributed by atoms with Crippen LogP contribution in [0.5, 0.6) is 5.75 Å². The van der Waals surface area contributed by atoms with E-state index in [-0.39, 0.29) is 5.91 Å². The molecule has 0 radical (unpaired) electrons. The monoisotopic (exact) mass is 259 g/mol. The number of aromatic nitrogens is 2. The molecule has 0 aliphatic heterocycles. The summed E-state index contributed by atoms with van der Waals surface area (Å²) in [7, 11) is 3.52. The second-order valence-electron chi connectivity index (χ2n) is 4.26. The second kappa shape index (κ2) is 6.04. The Morgan fingerprint density at radius 2 is 2.11 bits per heavy atom. The molecular weight excluding hydrogens is 242 g/mol. The Hall–Kier alpha value is -2.30. The smallest absolute Gasteiger partial charge is 0.251 e. The molecule has 0 saturated carbocycles. The molecule has 5 nitrogen and oxygen atoms in total. The summed E-state index contributed by atoms with van der Waals surface area (Å²) in [6.07, 6.45) is 4.42. The third-order valence-electron chi connectivity index (χ3n) is 2.78. The minimum atomic E-state index is -0.0846. The van der Waals surface area contributed by atoms with E-state index in [1.807, 2.05) is 17.8 Å². The summed E-state index contributed by atoms with van der Waals surface area (Å²) in [6.45, 7) is 0.571. The largest absolute Gasteiger partial charge is 0.497 e. The highest BCUT2D eigenvalue weighted by atomic mass is 16.5. The number of nitrogens with zero attached hydrogens (tertiary/aromatic N) is 2. The number of imidazole rings is 1. The van der Waals surface area contributed by atoms with Crippen molar-refractivity contribution in [2.45, 2.75) is 6.42 Å². The average Bonchev–Trinajstić information content (AvgIpc) is 2.84. The summed E-state index contributed by atoms with van der Waals surface area (Å²) >= 11 is 0. The van der Waals surface area contributed by atoms with Crippen LogP contribution in [0.15, 0.2) is 36.8 Å². The van der Waals surface area contributed by atoms with E-state index < -0.39 is 0 Å². The van der Waals surface area contributed by atoms with Gasteiger partial charge in [0.1, 0.15) is 5.75 Å². The quantitative estimate of drug-likeness (QED) is 0.883. The molecule has 1 heterocycles. The van der Waals surface area contributed by atoms with Crippen LogP contribution in [-0.4, -0.2) is 29.1 Å². The summed E-state index contributed by atoms with van der Waals surface area (Å²) in [6, 6.07) is 7.03. The number of ether oxygens (including phenoxy) is 1. The van der Waals surface area contributed by atoms with Crippen LogP contribution in [0.3, 0.4) is 0 Å². The van der Waals surface area contributed by atoms with Crippen LogP contribution in [0.4, 0.5) is 0 Å². The third-order valence-corrected chi connectivity index (χ3v) is 2.78. The Balaban J connectivity index is 1.83. The van der Waals surface area contributed by atoms with E-state index in [2.05, 4.69) is 10.3 Å². The normalized spacial score (nSPS) is 10.2. The fraction of sp³-hybridized carbons (Fsp3) is 0.286. The Kier molecular flexibility index (Phi) is 4.18. The highest BCUT2D eigenvalue weighted by Gasteiger charge is 2.05. The van der Waals surface area contributed by atoms with E-state index in [9.17, 15) is 4.79 Å². The molecule has 100 valence electrons. The highest BCUT2D eigenvalue weighted by molar-refractivity contribution is 5.94. The van der Waals surface area contributed by atoms with Crippen molar-refractivity contribution in [3.05, 3.63) is 48.0 Å². The van der Waals surface area contributed by atoms with Gasteiger partial charge in [-0.2, -0.15) is 0 Å². The van der Waals surface area contributed by atoms with Gasteiger partial charge in [-0.15, -0.1) is 0 Å². The maximum Gasteiger partial charge on any atom is 0.251 e. The number of hydrogen-bond acceptors (Lipinski definition) is 3. The molecule has 0 aliphatic carbocycles. The predicted octanol–water partition coefficient (Wildman–Crippen LogP) is 1.40. The van der Waals surface area contributed by atoms with Crippen molar-refractivity contribution in [3.8, 4) is 5.75 Å². The Labute approximate surface area is 112 Å². The number of rotatable bonds is 5. The van der Waals surface area contributed by atoms with Crippen LogP contribution in [0, 0.1) is 0 Å². The summed E-state index contributed by atoms with van der Waals surface area (Å²) < 4.78 is 6.94. The van der Waals surface area contributed by atoms with E-state index in [1.165, 1.54) is 0 Å². The minimum absolute atomic E-state index is 0.0846. The van der Waals surface area contributed by atoms with Crippen molar-refractivity contribution in [2.24, 2.45) is 7.05 Å². The van der Waals surface area contributed by atoms with Gasteiger partial charge in [0.05, 0.1) is 19.1 Å². The number of methoxy groups -OCH3 is 1. The first-order valence-corrected chi connectivity index (χ1v) is 6.08. The molecule has 0 unspecified atom stereocenters. The predicted molar refractivity (Wildman–Crippen MR) is 72.2 cm³/mol. The molecule has 0 saturated heterocycles. The van der Waals surface area contributed by atoms with Crippen LogP contribution < -0.4 is 10.1 Å². The zero-order chi connectivity index (χ0) is 13.7. The number of aryl methyl sites for hydroxylation is 1. The summed E-state index contributed by atoms with van der Waals surface area (Å²) in [5, 5.41) is 2.87. The van der Waals surface area contributed by atoms with Crippen LogP contribution in [0.2, 0.25) is 0 Å². The van der Waals surface area contributed by atoms with Gasteiger partial charge in [-0.3, -0.25) is 4.79 Å². The highest BCUT2D eigenvalue weighted by Crippen LogP contribution is 2.10. The third kappa shape index (κ3) is 3.58. The molecule has 5 heteroatoms. The lowest BCUT2D eigenvalue weighted by molar-refractivity contribution is 0.0954. The van der Waals surface area contributed by atoms with Crippen molar-refractivity contribution in [3.63, 3.8) is 0 Å². The van der Waals surface area contributed by atoms with E-state index >= 15 is 0 Å². The molecule has 0 aliphatic rings. The van der Waals surface area contributed by atoms with Crippen molar-refractivity contribution in [1.29, 1.82) is 0 Å². The number of carbonyl (C=O) groups is 1. The van der Waals surface area contributed by atoms with Crippen molar-refractivity contribution in [2.75, 3.05) is 13.7 Å². The number of hydrogen-bond donors (Lipinski definition) is 1. The molecule has 1 aromatic carbocycles. The lowest BCUT2D eigenvalue weighted by Crippen LogP contribution is -2.25. The minimum Gasteiger partial charge on any atom is -0.497 e. The maximum absolute atomic E-state index is 11.9. The first-order chi connectivity index (χ1) is 9.19. The second-order valence-corrected chi connectivity index (χ2v) is 4.26. The summed E-state index contributed by atoms with van der Waals surface area (Å²) in [4.78, 5) is 16.1. The molecule has 19 heavy (non-hydrogen) atoms. The summed E-state index contributed by atoms with van der Waals surface area (Å²) in [5.74, 6) is 0.656. The molecule has 1 aromatic heterocycles. The topological polar surface area (TPSA) is 56.1 Å². The zero-order valence-corrected chi connectivity index (χ0v) is 11.1. The van der Waals surface area contributed by atoms with Gasteiger partial charge >= 0.3 is 0 Å². The zero-order valence-electron chi connectivity index (χ0n) is 11.1. The average molecular weight is 259 g/mol. The molecule has 2 aromatic rings. The van der Waals surface area contributed by atoms with Gasteiger partial charge in [0, 0.05) is 31.8 Å². The van der Waals surface area contributed by atoms with Gasteiger partial charge in [-0.1, -0.05) is 0 Å². The Bertz CT molecular complexity index is 546. The van der Waals surface area contributed by atoms with Gasteiger partial charge < -0.3 is 14.6 Å². The molecular formula is C14H17N3O2. The van der Waals surface area contributed by atoms with Gasteiger partial charge in [0.15, 0.2) is 0 Å². The number of benzene rings is 1. The van der Waals surface area contributed by atoms with Gasteiger partial charge in [-0.05, 0) is 24.3 Å². The standard InChI is InChI=1S/C14H17N3O2/c1-17-9-12(16-10-17)7-8-15-14(18)11-3-5-13(19-2)6-4-11/h3-6,9-10H,7-8H2,1-2H3,(H,15,18). The number of nitrogens with one attached hydrogen (secondary N) is 1. The lowest BCUT2D eigenvalue weighted by atomic mass is 10.2. The van der Waals surface area contributed by atoms with Crippen LogP contribution in [0.1, 0.15) is 16.1 Å². The fourth-order valence-corrected chi connectivity index (χ4v) is 1.74. The van der Waals surface area contributed by atoms with Crippen molar-refractivity contribution in [1.82, 2.24) is 14.9 Å².